The lowest BCUT2D eigenvalue weighted by Gasteiger charge is -1.99. The smallest absolute Gasteiger partial charge is 0.158 e. The molecule has 0 fully saturated rings. The van der Waals surface area contributed by atoms with Gasteiger partial charge >= 0.3 is 0 Å². The van der Waals surface area contributed by atoms with Crippen molar-refractivity contribution in [3.05, 3.63) is 42.4 Å². The summed E-state index contributed by atoms with van der Waals surface area (Å²) in [5, 5.41) is 5.45. The number of pyridine rings is 2. The first-order valence-corrected chi connectivity index (χ1v) is 6.36. The van der Waals surface area contributed by atoms with Gasteiger partial charge < -0.3 is 0 Å². The number of ketones is 1. The molecule has 0 bridgehead atoms. The fourth-order valence-electron chi connectivity index (χ4n) is 2.28. The second-order valence-corrected chi connectivity index (χ2v) is 4.81. The quantitative estimate of drug-likeness (QED) is 0.729. The van der Waals surface area contributed by atoms with Gasteiger partial charge in [-0.05, 0) is 30.7 Å². The molecule has 3 heterocycles. The number of hydrogen-bond acceptors (Lipinski definition) is 4. The summed E-state index contributed by atoms with van der Waals surface area (Å²) in [5.41, 5.74) is 3.49. The number of aromatic nitrogens is 4. The van der Waals surface area contributed by atoms with E-state index in [0.717, 1.165) is 27.9 Å². The first-order chi connectivity index (χ1) is 9.65. The van der Waals surface area contributed by atoms with Gasteiger partial charge in [0.1, 0.15) is 11.5 Å². The van der Waals surface area contributed by atoms with Crippen LogP contribution in [0, 0.1) is 0 Å². The molecule has 3 aromatic rings. The van der Waals surface area contributed by atoms with E-state index in [1.54, 1.807) is 30.2 Å². The largest absolute Gasteiger partial charge is 0.300 e. The Balaban J connectivity index is 2.19. The maximum absolute atomic E-state index is 11.3. The molecule has 0 unspecified atom stereocenters. The second-order valence-electron chi connectivity index (χ2n) is 4.81. The normalized spacial score (nSPS) is 10.9. The molecule has 0 aliphatic rings. The fraction of sp³-hybridized carbons (Fsp3) is 0.200. The van der Waals surface area contributed by atoms with Crippen molar-refractivity contribution >= 4 is 16.8 Å². The second kappa shape index (κ2) is 4.85. The van der Waals surface area contributed by atoms with E-state index in [0.29, 0.717) is 6.42 Å². The average molecular weight is 266 g/mol. The summed E-state index contributed by atoms with van der Waals surface area (Å²) in [7, 11) is 1.86. The molecular weight excluding hydrogens is 252 g/mol. The van der Waals surface area contributed by atoms with Crippen LogP contribution < -0.4 is 0 Å². The van der Waals surface area contributed by atoms with Gasteiger partial charge in [0, 0.05) is 43.0 Å². The lowest BCUT2D eigenvalue weighted by Crippen LogP contribution is -1.97. The van der Waals surface area contributed by atoms with E-state index in [2.05, 4.69) is 15.1 Å². The summed E-state index contributed by atoms with van der Waals surface area (Å²) in [6.07, 6.45) is 5.64. The molecule has 3 aromatic heterocycles. The van der Waals surface area contributed by atoms with Gasteiger partial charge in [-0.2, -0.15) is 5.10 Å². The van der Waals surface area contributed by atoms with Crippen LogP contribution in [0.4, 0.5) is 0 Å². The number of hydrogen-bond donors (Lipinski definition) is 0. The third-order valence-corrected chi connectivity index (χ3v) is 3.12. The minimum absolute atomic E-state index is 0.123. The predicted octanol–water partition coefficient (Wildman–Crippen LogP) is 2.16. The van der Waals surface area contributed by atoms with E-state index in [-0.39, 0.29) is 5.78 Å². The van der Waals surface area contributed by atoms with E-state index < -0.39 is 0 Å². The molecule has 0 N–H and O–H groups in total. The minimum atomic E-state index is 0.123. The van der Waals surface area contributed by atoms with Gasteiger partial charge in [-0.1, -0.05) is 0 Å². The topological polar surface area (TPSA) is 60.7 Å². The Morgan fingerprint density at radius 1 is 1.35 bits per heavy atom. The Labute approximate surface area is 116 Å². The molecule has 0 aliphatic carbocycles. The van der Waals surface area contributed by atoms with Crippen LogP contribution in [-0.2, 0) is 18.3 Å². The van der Waals surface area contributed by atoms with Crippen molar-refractivity contribution in [3.63, 3.8) is 0 Å². The van der Waals surface area contributed by atoms with Crippen molar-refractivity contribution in [3.8, 4) is 11.3 Å². The third-order valence-electron chi connectivity index (χ3n) is 3.12. The zero-order valence-corrected chi connectivity index (χ0v) is 11.4. The van der Waals surface area contributed by atoms with Crippen LogP contribution in [0.3, 0.4) is 0 Å². The van der Waals surface area contributed by atoms with Gasteiger partial charge in [0.05, 0.1) is 0 Å². The van der Waals surface area contributed by atoms with Crippen LogP contribution in [0.5, 0.6) is 0 Å². The van der Waals surface area contributed by atoms with Crippen molar-refractivity contribution < 1.29 is 4.79 Å². The Kier molecular flexibility index (Phi) is 3.02. The summed E-state index contributed by atoms with van der Waals surface area (Å²) >= 11 is 0. The summed E-state index contributed by atoms with van der Waals surface area (Å²) in [6, 6.07) is 5.83. The summed E-state index contributed by atoms with van der Waals surface area (Å²) < 4.78 is 1.75. The lowest BCUT2D eigenvalue weighted by molar-refractivity contribution is -0.116. The molecule has 3 rings (SSSR count). The molecule has 0 atom stereocenters. The highest BCUT2D eigenvalue weighted by Gasteiger charge is 2.13. The Bertz CT molecular complexity index is 777. The standard InChI is InChI=1S/C15H14N4O/c1-10(20)6-11-7-13-14(12-4-3-5-16-9-12)18-19(2)15(13)17-8-11/h3-5,7-9H,6H2,1-2H3. The van der Waals surface area contributed by atoms with E-state index >= 15 is 0 Å². The lowest BCUT2D eigenvalue weighted by atomic mass is 10.1. The summed E-state index contributed by atoms with van der Waals surface area (Å²) in [5.74, 6) is 0.123. The number of nitrogens with zero attached hydrogens (tertiary/aromatic N) is 4. The number of Topliss-reactive ketones (excluding diaryl/α,β-unsaturated/α-hetero) is 1. The molecule has 5 heteroatoms. The molecule has 100 valence electrons. The third kappa shape index (κ3) is 2.18. The van der Waals surface area contributed by atoms with Gasteiger partial charge in [-0.3, -0.25) is 9.78 Å². The van der Waals surface area contributed by atoms with Crippen LogP contribution in [-0.4, -0.2) is 25.5 Å². The van der Waals surface area contributed by atoms with Crippen molar-refractivity contribution in [1.29, 1.82) is 0 Å². The van der Waals surface area contributed by atoms with E-state index in [9.17, 15) is 4.79 Å². The number of fused-ring (bicyclic) bond motifs is 1. The van der Waals surface area contributed by atoms with E-state index in [4.69, 9.17) is 0 Å². The summed E-state index contributed by atoms with van der Waals surface area (Å²) in [6.45, 7) is 1.58. The number of aryl methyl sites for hydroxylation is 1. The van der Waals surface area contributed by atoms with Crippen molar-refractivity contribution in [2.45, 2.75) is 13.3 Å². The molecule has 0 amide bonds. The highest BCUT2D eigenvalue weighted by Crippen LogP contribution is 2.26. The van der Waals surface area contributed by atoms with Crippen LogP contribution >= 0.6 is 0 Å². The van der Waals surface area contributed by atoms with Crippen LogP contribution in [0.25, 0.3) is 22.3 Å². The maximum Gasteiger partial charge on any atom is 0.158 e. The molecule has 0 saturated heterocycles. The van der Waals surface area contributed by atoms with Crippen LogP contribution in [0.15, 0.2) is 36.8 Å². The molecule has 0 spiro atoms. The zero-order valence-electron chi connectivity index (χ0n) is 11.4. The highest BCUT2D eigenvalue weighted by molar-refractivity contribution is 5.92. The maximum atomic E-state index is 11.3. The SMILES string of the molecule is CC(=O)Cc1cnc2c(c1)c(-c1cccnc1)nn2C. The van der Waals surface area contributed by atoms with E-state index in [1.807, 2.05) is 25.2 Å². The van der Waals surface area contributed by atoms with Gasteiger partial charge in [-0.25, -0.2) is 9.67 Å². The van der Waals surface area contributed by atoms with Crippen molar-refractivity contribution in [2.75, 3.05) is 0 Å². The van der Waals surface area contributed by atoms with E-state index in [1.165, 1.54) is 0 Å². The molecule has 0 radical (unpaired) electrons. The Morgan fingerprint density at radius 2 is 2.20 bits per heavy atom. The molecule has 0 aliphatic heterocycles. The van der Waals surface area contributed by atoms with Crippen molar-refractivity contribution in [2.24, 2.45) is 7.05 Å². The number of rotatable bonds is 3. The molecular formula is C15H14N4O. The van der Waals surface area contributed by atoms with Gasteiger partial charge in [-0.15, -0.1) is 0 Å². The van der Waals surface area contributed by atoms with Crippen LogP contribution in [0.1, 0.15) is 12.5 Å². The average Bonchev–Trinajstić information content (AvgIpc) is 2.76. The fourth-order valence-corrected chi connectivity index (χ4v) is 2.28. The number of carbonyl (C=O) groups excluding carboxylic acids is 1. The first kappa shape index (κ1) is 12.5. The molecule has 0 saturated carbocycles. The van der Waals surface area contributed by atoms with Gasteiger partial charge in [0.15, 0.2) is 5.65 Å². The predicted molar refractivity (Wildman–Crippen MR) is 76.1 cm³/mol. The highest BCUT2D eigenvalue weighted by atomic mass is 16.1. The monoisotopic (exact) mass is 266 g/mol. The number of carbonyl (C=O) groups is 1. The van der Waals surface area contributed by atoms with Gasteiger partial charge in [0.25, 0.3) is 0 Å². The minimum Gasteiger partial charge on any atom is -0.300 e. The van der Waals surface area contributed by atoms with Crippen LogP contribution in [0.2, 0.25) is 0 Å². The van der Waals surface area contributed by atoms with Crippen molar-refractivity contribution in [1.82, 2.24) is 19.7 Å². The van der Waals surface area contributed by atoms with Gasteiger partial charge in [0.2, 0.25) is 0 Å². The zero-order chi connectivity index (χ0) is 14.1. The Hall–Kier alpha value is -2.56. The molecule has 5 nitrogen and oxygen atoms in total. The Morgan fingerprint density at radius 3 is 2.90 bits per heavy atom. The first-order valence-electron chi connectivity index (χ1n) is 6.36. The molecule has 20 heavy (non-hydrogen) atoms. The summed E-state index contributed by atoms with van der Waals surface area (Å²) in [4.78, 5) is 19.8. The molecule has 0 aromatic carbocycles.